The zero-order valence-electron chi connectivity index (χ0n) is 14.0. The lowest BCUT2D eigenvalue weighted by atomic mass is 10.1. The molecule has 2 aromatic carbocycles. The Bertz CT molecular complexity index is 729. The second-order valence-electron chi connectivity index (χ2n) is 5.75. The van der Waals surface area contributed by atoms with E-state index in [9.17, 15) is 9.90 Å². The molecule has 0 bridgehead atoms. The molecule has 0 radical (unpaired) electrons. The van der Waals surface area contributed by atoms with Crippen molar-refractivity contribution in [2.24, 2.45) is 0 Å². The van der Waals surface area contributed by atoms with Crippen molar-refractivity contribution in [3.05, 3.63) is 53.6 Å². The predicted octanol–water partition coefficient (Wildman–Crippen LogP) is 1.86. The Morgan fingerprint density at radius 1 is 1.16 bits per heavy atom. The fourth-order valence-electron chi connectivity index (χ4n) is 2.59. The van der Waals surface area contributed by atoms with E-state index in [1.807, 2.05) is 24.3 Å². The van der Waals surface area contributed by atoms with Gasteiger partial charge < -0.3 is 24.6 Å². The topological polar surface area (TPSA) is 77.0 Å². The Labute approximate surface area is 146 Å². The molecule has 2 aromatic rings. The lowest BCUT2D eigenvalue weighted by Gasteiger charge is -2.20. The summed E-state index contributed by atoms with van der Waals surface area (Å²) in [6.07, 6.45) is -0.562. The standard InChI is InChI=1S/C19H21NO5/c1-23-15-5-2-13(3-6-15)10-19(22)20-12-16(21)14-4-7-17-18(11-14)25-9-8-24-17/h2-7,11,16,21H,8-10,12H2,1H3,(H,20,22). The number of carbonyl (C=O) groups excluding carboxylic acids is 1. The number of hydrogen-bond acceptors (Lipinski definition) is 5. The summed E-state index contributed by atoms with van der Waals surface area (Å²) in [5.74, 6) is 1.89. The highest BCUT2D eigenvalue weighted by Crippen LogP contribution is 2.32. The molecule has 132 valence electrons. The van der Waals surface area contributed by atoms with Gasteiger partial charge in [0.05, 0.1) is 19.6 Å². The highest BCUT2D eigenvalue weighted by Gasteiger charge is 2.16. The fourth-order valence-corrected chi connectivity index (χ4v) is 2.59. The molecular weight excluding hydrogens is 322 g/mol. The van der Waals surface area contributed by atoms with Gasteiger partial charge in [-0.25, -0.2) is 0 Å². The molecule has 1 aliphatic rings. The summed E-state index contributed by atoms with van der Waals surface area (Å²) in [7, 11) is 1.60. The molecule has 1 amide bonds. The van der Waals surface area contributed by atoms with Crippen LogP contribution >= 0.6 is 0 Å². The van der Waals surface area contributed by atoms with E-state index in [1.54, 1.807) is 25.3 Å². The van der Waals surface area contributed by atoms with Gasteiger partial charge in [0.15, 0.2) is 11.5 Å². The van der Waals surface area contributed by atoms with Crippen LogP contribution in [0, 0.1) is 0 Å². The van der Waals surface area contributed by atoms with Gasteiger partial charge in [-0.3, -0.25) is 4.79 Å². The Hall–Kier alpha value is -2.73. The molecule has 0 spiro atoms. The number of hydrogen-bond donors (Lipinski definition) is 2. The van der Waals surface area contributed by atoms with Crippen LogP contribution in [0.4, 0.5) is 0 Å². The molecule has 0 fully saturated rings. The van der Waals surface area contributed by atoms with Crippen molar-refractivity contribution in [2.45, 2.75) is 12.5 Å². The molecule has 1 atom stereocenters. The highest BCUT2D eigenvalue weighted by atomic mass is 16.6. The van der Waals surface area contributed by atoms with E-state index >= 15 is 0 Å². The first-order valence-electron chi connectivity index (χ1n) is 8.13. The van der Waals surface area contributed by atoms with Gasteiger partial charge in [0.2, 0.25) is 5.91 Å². The Kier molecular flexibility index (Phi) is 5.40. The molecule has 0 aliphatic carbocycles. The molecule has 25 heavy (non-hydrogen) atoms. The van der Waals surface area contributed by atoms with Gasteiger partial charge in [-0.2, -0.15) is 0 Å². The van der Waals surface area contributed by atoms with Crippen molar-refractivity contribution < 1.29 is 24.1 Å². The lowest BCUT2D eigenvalue weighted by Crippen LogP contribution is -2.29. The molecule has 2 N–H and O–H groups in total. The Balaban J connectivity index is 1.52. The number of amides is 1. The van der Waals surface area contributed by atoms with Crippen molar-refractivity contribution in [3.8, 4) is 17.2 Å². The molecule has 1 aliphatic heterocycles. The highest BCUT2D eigenvalue weighted by molar-refractivity contribution is 5.78. The average molecular weight is 343 g/mol. The summed E-state index contributed by atoms with van der Waals surface area (Å²) in [6.45, 7) is 1.15. The third-order valence-electron chi connectivity index (χ3n) is 3.97. The second kappa shape index (κ2) is 7.90. The fraction of sp³-hybridized carbons (Fsp3) is 0.316. The molecule has 1 heterocycles. The van der Waals surface area contributed by atoms with Crippen LogP contribution in [-0.2, 0) is 11.2 Å². The van der Waals surface area contributed by atoms with Gasteiger partial charge in [0.25, 0.3) is 0 Å². The predicted molar refractivity (Wildman–Crippen MR) is 92.1 cm³/mol. The lowest BCUT2D eigenvalue weighted by molar-refractivity contribution is -0.120. The molecule has 6 nitrogen and oxygen atoms in total. The SMILES string of the molecule is COc1ccc(CC(=O)NCC(O)c2ccc3c(c2)OCCO3)cc1. The van der Waals surface area contributed by atoms with E-state index in [4.69, 9.17) is 14.2 Å². The van der Waals surface area contributed by atoms with Crippen molar-refractivity contribution in [1.82, 2.24) is 5.32 Å². The molecule has 1 unspecified atom stereocenters. The first-order chi connectivity index (χ1) is 12.2. The number of aliphatic hydroxyl groups excluding tert-OH is 1. The van der Waals surface area contributed by atoms with Crippen molar-refractivity contribution in [3.63, 3.8) is 0 Å². The third kappa shape index (κ3) is 4.42. The van der Waals surface area contributed by atoms with Crippen molar-refractivity contribution in [1.29, 1.82) is 0 Å². The number of benzene rings is 2. The summed E-state index contributed by atoms with van der Waals surface area (Å²) >= 11 is 0. The van der Waals surface area contributed by atoms with Crippen LogP contribution in [0.25, 0.3) is 0 Å². The zero-order chi connectivity index (χ0) is 17.6. The van der Waals surface area contributed by atoms with Crippen LogP contribution in [-0.4, -0.2) is 37.9 Å². The number of fused-ring (bicyclic) bond motifs is 1. The molecule has 3 rings (SSSR count). The first kappa shape index (κ1) is 17.1. The summed E-state index contributed by atoms with van der Waals surface area (Å²) in [5, 5.41) is 13.0. The van der Waals surface area contributed by atoms with E-state index in [2.05, 4.69) is 5.32 Å². The van der Waals surface area contributed by atoms with Gasteiger partial charge >= 0.3 is 0 Å². The van der Waals surface area contributed by atoms with Gasteiger partial charge in [0, 0.05) is 6.54 Å². The van der Waals surface area contributed by atoms with Crippen LogP contribution in [0.3, 0.4) is 0 Å². The van der Waals surface area contributed by atoms with Gasteiger partial charge in [-0.15, -0.1) is 0 Å². The smallest absolute Gasteiger partial charge is 0.224 e. The van der Waals surface area contributed by atoms with E-state index in [-0.39, 0.29) is 18.9 Å². The minimum atomic E-state index is -0.810. The molecule has 0 saturated carbocycles. The molecule has 0 saturated heterocycles. The van der Waals surface area contributed by atoms with E-state index in [0.717, 1.165) is 11.3 Å². The van der Waals surface area contributed by atoms with Crippen LogP contribution in [0.15, 0.2) is 42.5 Å². The maximum Gasteiger partial charge on any atom is 0.224 e. The van der Waals surface area contributed by atoms with Gasteiger partial charge in [0.1, 0.15) is 19.0 Å². The molecule has 0 aromatic heterocycles. The quantitative estimate of drug-likeness (QED) is 0.837. The monoisotopic (exact) mass is 343 g/mol. The van der Waals surface area contributed by atoms with Crippen molar-refractivity contribution >= 4 is 5.91 Å². The van der Waals surface area contributed by atoms with Crippen LogP contribution < -0.4 is 19.5 Å². The normalized spacial score (nSPS) is 13.8. The van der Waals surface area contributed by atoms with E-state index in [0.29, 0.717) is 30.3 Å². The minimum absolute atomic E-state index is 0.134. The van der Waals surface area contributed by atoms with Crippen LogP contribution in [0.1, 0.15) is 17.2 Å². The third-order valence-corrected chi connectivity index (χ3v) is 3.97. The van der Waals surface area contributed by atoms with Crippen LogP contribution in [0.2, 0.25) is 0 Å². The molecule has 6 heteroatoms. The summed E-state index contributed by atoms with van der Waals surface area (Å²) < 4.78 is 16.0. The Morgan fingerprint density at radius 2 is 1.88 bits per heavy atom. The van der Waals surface area contributed by atoms with Crippen molar-refractivity contribution in [2.75, 3.05) is 26.9 Å². The second-order valence-corrected chi connectivity index (χ2v) is 5.75. The molecular formula is C19H21NO5. The summed E-state index contributed by atoms with van der Waals surface area (Å²) in [5.41, 5.74) is 1.56. The largest absolute Gasteiger partial charge is 0.497 e. The number of ether oxygens (including phenoxy) is 3. The summed E-state index contributed by atoms with van der Waals surface area (Å²) in [4.78, 5) is 12.0. The number of methoxy groups -OCH3 is 1. The number of nitrogens with one attached hydrogen (secondary N) is 1. The van der Waals surface area contributed by atoms with E-state index < -0.39 is 6.10 Å². The maximum atomic E-state index is 12.0. The van der Waals surface area contributed by atoms with E-state index in [1.165, 1.54) is 0 Å². The van der Waals surface area contributed by atoms with Gasteiger partial charge in [-0.1, -0.05) is 18.2 Å². The van der Waals surface area contributed by atoms with Gasteiger partial charge in [-0.05, 0) is 35.4 Å². The average Bonchev–Trinajstić information content (AvgIpc) is 2.66. The first-order valence-corrected chi connectivity index (χ1v) is 8.13. The van der Waals surface area contributed by atoms with Crippen LogP contribution in [0.5, 0.6) is 17.2 Å². The number of rotatable bonds is 6. The maximum absolute atomic E-state index is 12.0. The zero-order valence-corrected chi connectivity index (χ0v) is 14.0. The number of aliphatic hydroxyl groups is 1. The number of carbonyl (C=O) groups is 1. The minimum Gasteiger partial charge on any atom is -0.497 e. The summed E-state index contributed by atoms with van der Waals surface area (Å²) in [6, 6.07) is 12.6. The Morgan fingerprint density at radius 3 is 2.60 bits per heavy atom.